The number of guanidine groups is 1. The van der Waals surface area contributed by atoms with E-state index in [9.17, 15) is 0 Å². The SMILES string of the molecule is CCNC(=NCc1nc(C)c(C)o1)NCCCCN1CCCC1.I. The first kappa shape index (κ1) is 21.2. The second kappa shape index (κ2) is 11.7. The molecule has 1 saturated heterocycles. The molecule has 2 heterocycles. The average molecular weight is 449 g/mol. The standard InChI is InChI=1S/C17H31N5O.HI/c1-4-18-17(20-13-16-21-14(2)15(3)23-16)19-9-5-6-10-22-11-7-8-12-22;/h4-13H2,1-3H3,(H2,18,19,20);1H. The van der Waals surface area contributed by atoms with Gasteiger partial charge in [-0.2, -0.15) is 0 Å². The molecule has 6 nitrogen and oxygen atoms in total. The lowest BCUT2D eigenvalue weighted by Crippen LogP contribution is -2.38. The number of rotatable bonds is 8. The highest BCUT2D eigenvalue weighted by Gasteiger charge is 2.10. The molecule has 0 unspecified atom stereocenters. The first-order valence-electron chi connectivity index (χ1n) is 8.86. The van der Waals surface area contributed by atoms with Crippen LogP contribution >= 0.6 is 24.0 Å². The maximum Gasteiger partial charge on any atom is 0.216 e. The third-order valence-corrected chi connectivity index (χ3v) is 4.18. The van der Waals surface area contributed by atoms with Gasteiger partial charge in [-0.05, 0) is 66.1 Å². The fourth-order valence-corrected chi connectivity index (χ4v) is 2.77. The van der Waals surface area contributed by atoms with E-state index in [-0.39, 0.29) is 24.0 Å². The highest BCUT2D eigenvalue weighted by Crippen LogP contribution is 2.09. The molecule has 0 saturated carbocycles. The molecule has 0 spiro atoms. The van der Waals surface area contributed by atoms with Crippen LogP contribution in [0.25, 0.3) is 0 Å². The molecule has 2 N–H and O–H groups in total. The predicted molar refractivity (Wildman–Crippen MR) is 109 cm³/mol. The van der Waals surface area contributed by atoms with Crippen molar-refractivity contribution in [2.45, 2.75) is 53.0 Å². The van der Waals surface area contributed by atoms with Crippen LogP contribution < -0.4 is 10.6 Å². The molecular weight excluding hydrogens is 417 g/mol. The van der Waals surface area contributed by atoms with Crippen molar-refractivity contribution in [1.82, 2.24) is 20.5 Å². The summed E-state index contributed by atoms with van der Waals surface area (Å²) >= 11 is 0. The molecule has 0 atom stereocenters. The Morgan fingerprint density at radius 2 is 1.96 bits per heavy atom. The van der Waals surface area contributed by atoms with Gasteiger partial charge in [-0.15, -0.1) is 24.0 Å². The molecule has 24 heavy (non-hydrogen) atoms. The van der Waals surface area contributed by atoms with E-state index in [1.165, 1.54) is 38.9 Å². The summed E-state index contributed by atoms with van der Waals surface area (Å²) in [7, 11) is 0. The zero-order valence-corrected chi connectivity index (χ0v) is 17.6. The maximum absolute atomic E-state index is 5.56. The molecule has 0 amide bonds. The molecule has 0 aliphatic carbocycles. The van der Waals surface area contributed by atoms with Crippen LogP contribution in [0.2, 0.25) is 0 Å². The van der Waals surface area contributed by atoms with Crippen LogP contribution in [-0.4, -0.2) is 48.6 Å². The third-order valence-electron chi connectivity index (χ3n) is 4.18. The van der Waals surface area contributed by atoms with Crippen molar-refractivity contribution in [2.75, 3.05) is 32.7 Å². The first-order chi connectivity index (χ1) is 11.2. The van der Waals surface area contributed by atoms with E-state index < -0.39 is 0 Å². The van der Waals surface area contributed by atoms with Gasteiger partial charge in [-0.1, -0.05) is 0 Å². The van der Waals surface area contributed by atoms with Crippen LogP contribution in [0.3, 0.4) is 0 Å². The van der Waals surface area contributed by atoms with Gasteiger partial charge in [0.25, 0.3) is 0 Å². The number of likely N-dealkylation sites (tertiary alicyclic amines) is 1. The van der Waals surface area contributed by atoms with Crippen LogP contribution in [0.15, 0.2) is 9.41 Å². The van der Waals surface area contributed by atoms with Crippen molar-refractivity contribution in [1.29, 1.82) is 0 Å². The van der Waals surface area contributed by atoms with Gasteiger partial charge in [0.1, 0.15) is 12.3 Å². The van der Waals surface area contributed by atoms with E-state index in [4.69, 9.17) is 4.42 Å². The zero-order valence-electron chi connectivity index (χ0n) is 15.2. The fraction of sp³-hybridized carbons (Fsp3) is 0.765. The largest absolute Gasteiger partial charge is 0.444 e. The average Bonchev–Trinajstić information content (AvgIpc) is 3.15. The Hall–Kier alpha value is -0.830. The van der Waals surface area contributed by atoms with E-state index >= 15 is 0 Å². The van der Waals surface area contributed by atoms with Crippen molar-refractivity contribution in [3.8, 4) is 0 Å². The molecule has 0 radical (unpaired) electrons. The van der Waals surface area contributed by atoms with E-state index in [0.29, 0.717) is 12.4 Å². The van der Waals surface area contributed by atoms with E-state index in [1.54, 1.807) is 0 Å². The minimum Gasteiger partial charge on any atom is -0.444 e. The van der Waals surface area contributed by atoms with Crippen molar-refractivity contribution in [2.24, 2.45) is 4.99 Å². The number of unbranched alkanes of at least 4 members (excludes halogenated alkanes) is 1. The van der Waals surface area contributed by atoms with Crippen LogP contribution in [0, 0.1) is 13.8 Å². The Bertz CT molecular complexity index is 478. The Kier molecular flexibility index (Phi) is 10.3. The van der Waals surface area contributed by atoms with Crippen molar-refractivity contribution in [3.63, 3.8) is 0 Å². The normalized spacial score (nSPS) is 15.4. The van der Waals surface area contributed by atoms with Crippen molar-refractivity contribution >= 4 is 29.9 Å². The monoisotopic (exact) mass is 449 g/mol. The topological polar surface area (TPSA) is 65.7 Å². The van der Waals surface area contributed by atoms with Crippen molar-refractivity contribution in [3.05, 3.63) is 17.3 Å². The van der Waals surface area contributed by atoms with Crippen molar-refractivity contribution < 1.29 is 4.42 Å². The van der Waals surface area contributed by atoms with Gasteiger partial charge in [0.2, 0.25) is 5.89 Å². The molecular formula is C17H32IN5O. The number of hydrogen-bond acceptors (Lipinski definition) is 4. The quantitative estimate of drug-likeness (QED) is 0.277. The lowest BCUT2D eigenvalue weighted by Gasteiger charge is -2.15. The smallest absolute Gasteiger partial charge is 0.216 e. The van der Waals surface area contributed by atoms with Crippen LogP contribution in [0.1, 0.15) is 50.0 Å². The van der Waals surface area contributed by atoms with Crippen LogP contribution in [0.5, 0.6) is 0 Å². The summed E-state index contributed by atoms with van der Waals surface area (Å²) in [6.45, 7) is 12.0. The van der Waals surface area contributed by atoms with Gasteiger partial charge in [0.05, 0.1) is 5.69 Å². The van der Waals surface area contributed by atoms with Gasteiger partial charge in [0, 0.05) is 13.1 Å². The Labute approximate surface area is 162 Å². The number of aliphatic imine (C=N–C) groups is 1. The number of nitrogens with one attached hydrogen (secondary N) is 2. The lowest BCUT2D eigenvalue weighted by molar-refractivity contribution is 0.330. The summed E-state index contributed by atoms with van der Waals surface area (Å²) in [6, 6.07) is 0. The number of oxazole rings is 1. The Balaban J connectivity index is 0.00000288. The summed E-state index contributed by atoms with van der Waals surface area (Å²) in [5, 5.41) is 6.65. The Morgan fingerprint density at radius 1 is 1.21 bits per heavy atom. The fourth-order valence-electron chi connectivity index (χ4n) is 2.77. The molecule has 2 rings (SSSR count). The summed E-state index contributed by atoms with van der Waals surface area (Å²) in [4.78, 5) is 11.5. The number of halogens is 1. The van der Waals surface area contributed by atoms with Gasteiger partial charge in [0.15, 0.2) is 5.96 Å². The minimum absolute atomic E-state index is 0. The van der Waals surface area contributed by atoms with Gasteiger partial charge >= 0.3 is 0 Å². The van der Waals surface area contributed by atoms with Crippen LogP contribution in [-0.2, 0) is 6.54 Å². The van der Waals surface area contributed by atoms with E-state index in [0.717, 1.165) is 36.9 Å². The minimum atomic E-state index is 0. The van der Waals surface area contributed by atoms with Gasteiger partial charge < -0.3 is 20.0 Å². The maximum atomic E-state index is 5.56. The summed E-state index contributed by atoms with van der Waals surface area (Å²) < 4.78 is 5.56. The number of aromatic nitrogens is 1. The zero-order chi connectivity index (χ0) is 16.5. The molecule has 7 heteroatoms. The molecule has 1 aliphatic rings. The Morgan fingerprint density at radius 3 is 2.58 bits per heavy atom. The third kappa shape index (κ3) is 7.38. The molecule has 138 valence electrons. The number of hydrogen-bond donors (Lipinski definition) is 2. The lowest BCUT2D eigenvalue weighted by atomic mass is 10.3. The summed E-state index contributed by atoms with van der Waals surface area (Å²) in [5.41, 5.74) is 0.940. The first-order valence-corrected chi connectivity index (χ1v) is 8.86. The molecule has 1 fully saturated rings. The molecule has 0 bridgehead atoms. The second-order valence-corrected chi connectivity index (χ2v) is 6.13. The second-order valence-electron chi connectivity index (χ2n) is 6.13. The van der Waals surface area contributed by atoms with Crippen LogP contribution in [0.4, 0.5) is 0 Å². The van der Waals surface area contributed by atoms with E-state index in [2.05, 4.69) is 32.4 Å². The predicted octanol–water partition coefficient (Wildman–Crippen LogP) is 2.84. The molecule has 1 aromatic heterocycles. The molecule has 0 aromatic carbocycles. The van der Waals surface area contributed by atoms with Gasteiger partial charge in [-0.3, -0.25) is 0 Å². The number of aryl methyl sites for hydroxylation is 2. The molecule has 1 aromatic rings. The highest BCUT2D eigenvalue weighted by molar-refractivity contribution is 14.0. The highest BCUT2D eigenvalue weighted by atomic mass is 127. The summed E-state index contributed by atoms with van der Waals surface area (Å²) in [5.74, 6) is 2.38. The summed E-state index contributed by atoms with van der Waals surface area (Å²) in [6.07, 6.45) is 5.15. The molecule has 1 aliphatic heterocycles. The van der Waals surface area contributed by atoms with Gasteiger partial charge in [-0.25, -0.2) is 9.98 Å². The number of nitrogens with zero attached hydrogens (tertiary/aromatic N) is 3. The van der Waals surface area contributed by atoms with E-state index in [1.807, 2.05) is 13.8 Å².